The van der Waals surface area contributed by atoms with Crippen molar-refractivity contribution in [1.82, 2.24) is 9.78 Å². The van der Waals surface area contributed by atoms with Gasteiger partial charge in [0.15, 0.2) is 0 Å². The van der Waals surface area contributed by atoms with Gasteiger partial charge in [-0.15, -0.1) is 11.3 Å². The number of nitrogens with two attached hydrogens (primary N) is 1. The van der Waals surface area contributed by atoms with E-state index in [1.807, 2.05) is 10.1 Å². The van der Waals surface area contributed by atoms with Crippen LogP contribution >= 0.6 is 43.2 Å². The van der Waals surface area contributed by atoms with Gasteiger partial charge in [0.1, 0.15) is 0 Å². The number of aromatic nitrogens is 2. The van der Waals surface area contributed by atoms with Crippen molar-refractivity contribution >= 4 is 43.2 Å². The average Bonchev–Trinajstić information content (AvgIpc) is 2.83. The number of nitrogens with zero attached hydrogens (tertiary/aromatic N) is 2. The second kappa shape index (κ2) is 5.22. The third-order valence-corrected chi connectivity index (χ3v) is 4.85. The zero-order valence-electron chi connectivity index (χ0n) is 9.52. The summed E-state index contributed by atoms with van der Waals surface area (Å²) in [6.07, 6.45) is 1.80. The molecule has 3 nitrogen and oxygen atoms in total. The van der Waals surface area contributed by atoms with E-state index in [9.17, 15) is 0 Å². The molecular weight excluding hydrogens is 366 g/mol. The minimum absolute atomic E-state index is 0.148. The normalized spacial score (nSPS) is 13.3. The Kier molecular flexibility index (Phi) is 4.07. The molecule has 2 aromatic heterocycles. The highest BCUT2D eigenvalue weighted by atomic mass is 79.9. The maximum Gasteiger partial charge on any atom is 0.0829 e. The van der Waals surface area contributed by atoms with Crippen molar-refractivity contribution in [2.45, 2.75) is 25.9 Å². The number of hydrogen-bond acceptors (Lipinski definition) is 3. The van der Waals surface area contributed by atoms with Crippen molar-refractivity contribution in [3.63, 3.8) is 0 Å². The smallest absolute Gasteiger partial charge is 0.0829 e. The second-order valence-electron chi connectivity index (χ2n) is 4.06. The predicted octanol–water partition coefficient (Wildman–Crippen LogP) is 4.10. The minimum atomic E-state index is -0.148. The van der Waals surface area contributed by atoms with Crippen LogP contribution in [0.1, 0.15) is 36.5 Å². The Morgan fingerprint density at radius 1 is 1.41 bits per heavy atom. The van der Waals surface area contributed by atoms with E-state index < -0.39 is 0 Å². The topological polar surface area (TPSA) is 43.8 Å². The number of halogens is 2. The van der Waals surface area contributed by atoms with Crippen LogP contribution in [0, 0.1) is 0 Å². The van der Waals surface area contributed by atoms with Crippen molar-refractivity contribution in [2.75, 3.05) is 0 Å². The van der Waals surface area contributed by atoms with Gasteiger partial charge in [0.05, 0.1) is 22.4 Å². The number of thiophene rings is 1. The standard InChI is InChI=1S/C11H13Br2N3S/c1-6(2)16-11(8(13)4-15-16)10(14)9-3-7(12)5-17-9/h3-6,10H,14H2,1-2H3. The molecule has 0 radical (unpaired) electrons. The van der Waals surface area contributed by atoms with E-state index in [1.54, 1.807) is 17.5 Å². The molecular formula is C11H13Br2N3S. The summed E-state index contributed by atoms with van der Waals surface area (Å²) in [5.74, 6) is 0. The van der Waals surface area contributed by atoms with Gasteiger partial charge in [-0.2, -0.15) is 5.10 Å². The molecule has 1 atom stereocenters. The van der Waals surface area contributed by atoms with Crippen LogP contribution in [0.5, 0.6) is 0 Å². The molecule has 0 aromatic carbocycles. The van der Waals surface area contributed by atoms with Gasteiger partial charge in [-0.1, -0.05) is 0 Å². The Balaban J connectivity index is 2.43. The Morgan fingerprint density at radius 2 is 2.12 bits per heavy atom. The van der Waals surface area contributed by atoms with Gasteiger partial charge in [-0.25, -0.2) is 0 Å². The monoisotopic (exact) mass is 377 g/mol. The number of rotatable bonds is 3. The molecule has 6 heteroatoms. The lowest BCUT2D eigenvalue weighted by atomic mass is 10.2. The van der Waals surface area contributed by atoms with E-state index in [0.29, 0.717) is 6.04 Å². The lowest BCUT2D eigenvalue weighted by Gasteiger charge is -2.16. The van der Waals surface area contributed by atoms with Crippen LogP contribution in [0.3, 0.4) is 0 Å². The van der Waals surface area contributed by atoms with Gasteiger partial charge in [0.2, 0.25) is 0 Å². The highest BCUT2D eigenvalue weighted by Gasteiger charge is 2.20. The Labute approximate surface area is 121 Å². The van der Waals surface area contributed by atoms with Crippen LogP contribution in [-0.2, 0) is 0 Å². The third kappa shape index (κ3) is 2.65. The SMILES string of the molecule is CC(C)n1ncc(Br)c1C(N)c1cc(Br)cs1. The highest BCUT2D eigenvalue weighted by molar-refractivity contribution is 9.10. The van der Waals surface area contributed by atoms with Gasteiger partial charge in [0.25, 0.3) is 0 Å². The summed E-state index contributed by atoms with van der Waals surface area (Å²) in [7, 11) is 0. The molecule has 0 aliphatic heterocycles. The summed E-state index contributed by atoms with van der Waals surface area (Å²) in [4.78, 5) is 1.12. The molecule has 0 saturated heterocycles. The molecule has 2 aromatic rings. The van der Waals surface area contributed by atoms with E-state index in [4.69, 9.17) is 5.73 Å². The van der Waals surface area contributed by atoms with E-state index >= 15 is 0 Å². The van der Waals surface area contributed by atoms with Crippen LogP contribution in [0.4, 0.5) is 0 Å². The molecule has 0 spiro atoms. The van der Waals surface area contributed by atoms with Crippen molar-refractivity contribution < 1.29 is 0 Å². The molecule has 2 rings (SSSR count). The fraction of sp³-hybridized carbons (Fsp3) is 0.364. The first kappa shape index (κ1) is 13.3. The van der Waals surface area contributed by atoms with Gasteiger partial charge in [-0.05, 0) is 51.8 Å². The van der Waals surface area contributed by atoms with Crippen LogP contribution < -0.4 is 5.73 Å². The first-order valence-corrected chi connectivity index (χ1v) is 7.69. The lowest BCUT2D eigenvalue weighted by molar-refractivity contribution is 0.499. The Bertz CT molecular complexity index is 519. The first-order chi connectivity index (χ1) is 8.00. The summed E-state index contributed by atoms with van der Waals surface area (Å²) in [5.41, 5.74) is 7.33. The van der Waals surface area contributed by atoms with Gasteiger partial charge >= 0.3 is 0 Å². The average molecular weight is 379 g/mol. The van der Waals surface area contributed by atoms with Crippen molar-refractivity contribution in [2.24, 2.45) is 5.73 Å². The van der Waals surface area contributed by atoms with E-state index in [-0.39, 0.29) is 6.04 Å². The highest BCUT2D eigenvalue weighted by Crippen LogP contribution is 2.33. The molecule has 0 fully saturated rings. The Hall–Kier alpha value is -0.170. The van der Waals surface area contributed by atoms with Gasteiger partial charge < -0.3 is 5.73 Å². The van der Waals surface area contributed by atoms with Crippen molar-refractivity contribution in [3.8, 4) is 0 Å². The predicted molar refractivity (Wildman–Crippen MR) is 78.4 cm³/mol. The molecule has 0 bridgehead atoms. The van der Waals surface area contributed by atoms with Crippen LogP contribution in [0.15, 0.2) is 26.6 Å². The number of hydrogen-bond donors (Lipinski definition) is 1. The summed E-state index contributed by atoms with van der Waals surface area (Å²) in [5, 5.41) is 6.39. The second-order valence-corrected chi connectivity index (χ2v) is 6.77. The van der Waals surface area contributed by atoms with Crippen molar-refractivity contribution in [3.05, 3.63) is 37.2 Å². The lowest BCUT2D eigenvalue weighted by Crippen LogP contribution is -2.18. The molecule has 0 aliphatic rings. The van der Waals surface area contributed by atoms with Crippen LogP contribution in [0.25, 0.3) is 0 Å². The summed E-state index contributed by atoms with van der Waals surface area (Å²) < 4.78 is 3.99. The zero-order chi connectivity index (χ0) is 12.6. The molecule has 1 unspecified atom stereocenters. The molecule has 2 N–H and O–H groups in total. The first-order valence-electron chi connectivity index (χ1n) is 5.23. The summed E-state index contributed by atoms with van der Waals surface area (Å²) >= 11 is 8.62. The summed E-state index contributed by atoms with van der Waals surface area (Å²) in [6.45, 7) is 4.19. The maximum absolute atomic E-state index is 6.31. The molecule has 0 amide bonds. The van der Waals surface area contributed by atoms with Gasteiger partial charge in [-0.3, -0.25) is 4.68 Å². The molecule has 17 heavy (non-hydrogen) atoms. The fourth-order valence-corrected chi connectivity index (χ4v) is 3.65. The van der Waals surface area contributed by atoms with Crippen molar-refractivity contribution in [1.29, 1.82) is 0 Å². The van der Waals surface area contributed by atoms with E-state index in [0.717, 1.165) is 19.5 Å². The maximum atomic E-state index is 6.31. The molecule has 0 saturated carbocycles. The van der Waals surface area contributed by atoms with E-state index in [1.165, 1.54) is 0 Å². The minimum Gasteiger partial charge on any atom is -0.318 e. The third-order valence-electron chi connectivity index (χ3n) is 2.46. The molecule has 2 heterocycles. The van der Waals surface area contributed by atoms with Gasteiger partial charge in [0, 0.05) is 20.8 Å². The Morgan fingerprint density at radius 3 is 2.65 bits per heavy atom. The fourth-order valence-electron chi connectivity index (χ4n) is 1.68. The largest absolute Gasteiger partial charge is 0.318 e. The zero-order valence-corrected chi connectivity index (χ0v) is 13.5. The molecule has 0 aliphatic carbocycles. The summed E-state index contributed by atoms with van der Waals surface area (Å²) in [6, 6.07) is 2.20. The molecule has 92 valence electrons. The van der Waals surface area contributed by atoms with E-state index in [2.05, 4.69) is 56.9 Å². The van der Waals surface area contributed by atoms with Crippen LogP contribution in [0.2, 0.25) is 0 Å². The van der Waals surface area contributed by atoms with Crippen LogP contribution in [-0.4, -0.2) is 9.78 Å². The quantitative estimate of drug-likeness (QED) is 0.873.